The molecular formula is C18H19BrN2O3S. The molecule has 2 aromatic carbocycles. The van der Waals surface area contributed by atoms with Gasteiger partial charge in [-0.1, -0.05) is 13.3 Å². The number of phenolic OH excluding ortho intramolecular Hbond substituents is 1. The molecule has 3 N–H and O–H groups in total. The fourth-order valence-electron chi connectivity index (χ4n) is 1.97. The van der Waals surface area contributed by atoms with Gasteiger partial charge >= 0.3 is 0 Å². The molecule has 0 aliphatic carbocycles. The summed E-state index contributed by atoms with van der Waals surface area (Å²) in [4.78, 5) is 12.3. The Balaban J connectivity index is 1.94. The number of nitrogens with one attached hydrogen (secondary N) is 2. The molecule has 0 radical (unpaired) electrons. The minimum Gasteiger partial charge on any atom is -0.508 e. The number of ether oxygens (including phenoxy) is 1. The third kappa shape index (κ3) is 6.03. The molecule has 0 spiro atoms. The summed E-state index contributed by atoms with van der Waals surface area (Å²) >= 11 is 8.55. The van der Waals surface area contributed by atoms with Gasteiger partial charge in [0.15, 0.2) is 5.11 Å². The molecule has 1 amide bonds. The number of carbonyl (C=O) groups is 1. The van der Waals surface area contributed by atoms with Crippen LogP contribution in [0.3, 0.4) is 0 Å². The highest BCUT2D eigenvalue weighted by atomic mass is 79.9. The second kappa shape index (κ2) is 9.39. The van der Waals surface area contributed by atoms with Gasteiger partial charge in [-0.05, 0) is 77.0 Å². The van der Waals surface area contributed by atoms with Gasteiger partial charge in [0.1, 0.15) is 11.5 Å². The van der Waals surface area contributed by atoms with E-state index in [1.165, 1.54) is 12.1 Å². The van der Waals surface area contributed by atoms with Crippen LogP contribution < -0.4 is 15.4 Å². The number of thiocarbonyl (C=S) groups is 1. The normalized spacial score (nSPS) is 10.2. The average Bonchev–Trinajstić information content (AvgIpc) is 2.58. The number of amides is 1. The van der Waals surface area contributed by atoms with Gasteiger partial charge < -0.3 is 15.2 Å². The van der Waals surface area contributed by atoms with Crippen molar-refractivity contribution in [2.45, 2.75) is 19.8 Å². The molecule has 7 heteroatoms. The third-order valence-electron chi connectivity index (χ3n) is 3.30. The molecule has 0 aliphatic rings. The van der Waals surface area contributed by atoms with E-state index in [9.17, 15) is 9.90 Å². The van der Waals surface area contributed by atoms with Gasteiger partial charge in [-0.15, -0.1) is 0 Å². The fraction of sp³-hybridized carbons (Fsp3) is 0.222. The van der Waals surface area contributed by atoms with Gasteiger partial charge in [-0.3, -0.25) is 10.1 Å². The second-order valence-corrected chi connectivity index (χ2v) is 6.56. The molecule has 0 fully saturated rings. The van der Waals surface area contributed by atoms with E-state index in [1.54, 1.807) is 30.3 Å². The topological polar surface area (TPSA) is 70.6 Å². The van der Waals surface area contributed by atoms with Crippen molar-refractivity contribution in [2.75, 3.05) is 11.9 Å². The Morgan fingerprint density at radius 1 is 1.24 bits per heavy atom. The van der Waals surface area contributed by atoms with Crippen LogP contribution in [0.5, 0.6) is 11.5 Å². The minimum atomic E-state index is -0.322. The van der Waals surface area contributed by atoms with Crippen LogP contribution in [0.25, 0.3) is 0 Å². The molecule has 25 heavy (non-hydrogen) atoms. The Morgan fingerprint density at radius 2 is 1.96 bits per heavy atom. The Labute approximate surface area is 160 Å². The van der Waals surface area contributed by atoms with Crippen molar-refractivity contribution in [2.24, 2.45) is 0 Å². The van der Waals surface area contributed by atoms with Gasteiger partial charge in [0.25, 0.3) is 5.91 Å². The zero-order chi connectivity index (χ0) is 18.2. The van der Waals surface area contributed by atoms with Crippen LogP contribution in [0.2, 0.25) is 0 Å². The lowest BCUT2D eigenvalue weighted by Crippen LogP contribution is -2.34. The molecule has 0 unspecified atom stereocenters. The van der Waals surface area contributed by atoms with Gasteiger partial charge in [0.2, 0.25) is 0 Å². The van der Waals surface area contributed by atoms with Crippen LogP contribution in [0.15, 0.2) is 46.9 Å². The Hall–Kier alpha value is -2.12. The highest BCUT2D eigenvalue weighted by molar-refractivity contribution is 9.10. The number of aromatic hydroxyl groups is 1. The Bertz CT molecular complexity index is 750. The Morgan fingerprint density at radius 3 is 2.60 bits per heavy atom. The molecule has 0 aromatic heterocycles. The lowest BCUT2D eigenvalue weighted by atomic mass is 10.2. The van der Waals surface area contributed by atoms with E-state index in [2.05, 4.69) is 33.5 Å². The molecule has 132 valence electrons. The first-order chi connectivity index (χ1) is 12.0. The summed E-state index contributed by atoms with van der Waals surface area (Å²) in [5.74, 6) is 0.540. The summed E-state index contributed by atoms with van der Waals surface area (Å²) in [6.07, 6.45) is 2.04. The predicted octanol–water partition coefficient (Wildman–Crippen LogP) is 4.46. The smallest absolute Gasteiger partial charge is 0.257 e. The van der Waals surface area contributed by atoms with E-state index in [4.69, 9.17) is 17.0 Å². The first kappa shape index (κ1) is 19.2. The quantitative estimate of drug-likeness (QED) is 0.364. The lowest BCUT2D eigenvalue weighted by molar-refractivity contribution is 0.0977. The maximum Gasteiger partial charge on any atom is 0.257 e. The van der Waals surface area contributed by atoms with Crippen molar-refractivity contribution in [1.82, 2.24) is 5.32 Å². The highest BCUT2D eigenvalue weighted by Crippen LogP contribution is 2.26. The molecule has 0 atom stereocenters. The van der Waals surface area contributed by atoms with Crippen LogP contribution in [-0.4, -0.2) is 22.7 Å². The number of benzene rings is 2. The van der Waals surface area contributed by atoms with Crippen LogP contribution >= 0.6 is 28.1 Å². The number of unbranched alkanes of at least 4 members (excludes halogenated alkanes) is 1. The maximum absolute atomic E-state index is 12.3. The number of rotatable bonds is 6. The predicted molar refractivity (Wildman–Crippen MR) is 106 cm³/mol. The summed E-state index contributed by atoms with van der Waals surface area (Å²) in [7, 11) is 0. The number of halogens is 1. The summed E-state index contributed by atoms with van der Waals surface area (Å²) < 4.78 is 6.36. The van der Waals surface area contributed by atoms with Crippen molar-refractivity contribution in [1.29, 1.82) is 0 Å². The van der Waals surface area contributed by atoms with Gasteiger partial charge in [-0.2, -0.15) is 0 Å². The third-order valence-corrected chi connectivity index (χ3v) is 4.13. The van der Waals surface area contributed by atoms with Crippen LogP contribution in [0, 0.1) is 0 Å². The number of carbonyl (C=O) groups excluding carboxylic acids is 1. The molecule has 0 saturated carbocycles. The molecule has 2 rings (SSSR count). The molecule has 0 saturated heterocycles. The standard InChI is InChI=1S/C18H19BrN2O3S/c1-2-3-10-24-16-9-4-12(11-15(16)19)17(23)21-18(25)20-13-5-7-14(22)8-6-13/h4-9,11,22H,2-3,10H2,1H3,(H2,20,21,23,25). The number of hydrogen-bond donors (Lipinski definition) is 3. The molecule has 0 heterocycles. The van der Waals surface area contributed by atoms with E-state index >= 15 is 0 Å². The number of anilines is 1. The summed E-state index contributed by atoms with van der Waals surface area (Å²) in [6.45, 7) is 2.74. The second-order valence-electron chi connectivity index (χ2n) is 5.30. The van der Waals surface area contributed by atoms with Gasteiger partial charge in [0.05, 0.1) is 11.1 Å². The molecule has 0 aliphatic heterocycles. The van der Waals surface area contributed by atoms with E-state index in [0.717, 1.165) is 12.8 Å². The van der Waals surface area contributed by atoms with E-state index in [0.29, 0.717) is 28.1 Å². The number of phenols is 1. The molecule has 0 bridgehead atoms. The first-order valence-electron chi connectivity index (χ1n) is 7.83. The molecule has 2 aromatic rings. The summed E-state index contributed by atoms with van der Waals surface area (Å²) in [5, 5.41) is 14.9. The lowest BCUT2D eigenvalue weighted by Gasteiger charge is -2.11. The first-order valence-corrected chi connectivity index (χ1v) is 9.03. The zero-order valence-electron chi connectivity index (χ0n) is 13.7. The van der Waals surface area contributed by atoms with E-state index in [1.807, 2.05) is 0 Å². The van der Waals surface area contributed by atoms with Crippen molar-refractivity contribution in [3.05, 3.63) is 52.5 Å². The molecular weight excluding hydrogens is 404 g/mol. The van der Waals surface area contributed by atoms with E-state index < -0.39 is 0 Å². The van der Waals surface area contributed by atoms with Gasteiger partial charge in [0, 0.05) is 11.3 Å². The van der Waals surface area contributed by atoms with E-state index in [-0.39, 0.29) is 16.8 Å². The van der Waals surface area contributed by atoms with Crippen LogP contribution in [-0.2, 0) is 0 Å². The zero-order valence-corrected chi connectivity index (χ0v) is 16.1. The Kier molecular flexibility index (Phi) is 7.21. The van der Waals surface area contributed by atoms with Crippen molar-refractivity contribution >= 4 is 44.9 Å². The van der Waals surface area contributed by atoms with Crippen LogP contribution in [0.1, 0.15) is 30.1 Å². The van der Waals surface area contributed by atoms with Crippen molar-refractivity contribution in [3.63, 3.8) is 0 Å². The van der Waals surface area contributed by atoms with Crippen LogP contribution in [0.4, 0.5) is 5.69 Å². The van der Waals surface area contributed by atoms with Crippen molar-refractivity contribution in [3.8, 4) is 11.5 Å². The molecule has 5 nitrogen and oxygen atoms in total. The summed E-state index contributed by atoms with van der Waals surface area (Å²) in [6, 6.07) is 11.5. The monoisotopic (exact) mass is 422 g/mol. The van der Waals surface area contributed by atoms with Crippen molar-refractivity contribution < 1.29 is 14.6 Å². The van der Waals surface area contributed by atoms with Gasteiger partial charge in [-0.25, -0.2) is 0 Å². The maximum atomic E-state index is 12.3. The highest BCUT2D eigenvalue weighted by Gasteiger charge is 2.11. The average molecular weight is 423 g/mol. The summed E-state index contributed by atoms with van der Waals surface area (Å²) in [5.41, 5.74) is 1.13. The minimum absolute atomic E-state index is 0.159. The fourth-order valence-corrected chi connectivity index (χ4v) is 2.67. The number of hydrogen-bond acceptors (Lipinski definition) is 4. The largest absolute Gasteiger partial charge is 0.508 e. The SMILES string of the molecule is CCCCOc1ccc(C(=O)NC(=S)Nc2ccc(O)cc2)cc1Br.